The lowest BCUT2D eigenvalue weighted by Gasteiger charge is -2.15. The zero-order valence-corrected chi connectivity index (χ0v) is 11.2. The summed E-state index contributed by atoms with van der Waals surface area (Å²) in [4.78, 5) is 0. The third-order valence-corrected chi connectivity index (χ3v) is 2.81. The number of aromatic nitrogens is 2. The molecule has 0 saturated heterocycles. The Bertz CT molecular complexity index is 315. The summed E-state index contributed by atoms with van der Waals surface area (Å²) in [7, 11) is 0. The highest BCUT2D eigenvalue weighted by Gasteiger charge is 2.08. The van der Waals surface area contributed by atoms with Gasteiger partial charge < -0.3 is 5.32 Å². The van der Waals surface area contributed by atoms with Gasteiger partial charge in [0, 0.05) is 17.8 Å². The molecule has 0 radical (unpaired) electrons. The summed E-state index contributed by atoms with van der Waals surface area (Å²) in [5, 5.41) is 7.96. The van der Waals surface area contributed by atoms with Crippen molar-refractivity contribution in [1.82, 2.24) is 15.1 Å². The highest BCUT2D eigenvalue weighted by molar-refractivity contribution is 5.07. The molecule has 16 heavy (non-hydrogen) atoms. The Morgan fingerprint density at radius 3 is 2.50 bits per heavy atom. The van der Waals surface area contributed by atoms with Crippen molar-refractivity contribution < 1.29 is 0 Å². The fraction of sp³-hybridized carbons (Fsp3) is 0.769. The molecule has 0 spiro atoms. The Morgan fingerprint density at radius 1 is 1.31 bits per heavy atom. The Labute approximate surface area is 99.2 Å². The second-order valence-corrected chi connectivity index (χ2v) is 4.97. The quantitative estimate of drug-likeness (QED) is 0.752. The van der Waals surface area contributed by atoms with E-state index in [-0.39, 0.29) is 0 Å². The molecule has 1 aromatic rings. The van der Waals surface area contributed by atoms with E-state index in [0.29, 0.717) is 12.1 Å². The van der Waals surface area contributed by atoms with Gasteiger partial charge in [0.2, 0.25) is 0 Å². The normalized spacial score (nSPS) is 13.4. The molecule has 1 N–H and O–H groups in total. The Hall–Kier alpha value is -0.830. The van der Waals surface area contributed by atoms with E-state index in [4.69, 9.17) is 0 Å². The van der Waals surface area contributed by atoms with Crippen molar-refractivity contribution in [2.75, 3.05) is 6.54 Å². The molecular weight excluding hydrogens is 198 g/mol. The zero-order chi connectivity index (χ0) is 12.1. The van der Waals surface area contributed by atoms with E-state index in [0.717, 1.165) is 12.2 Å². The van der Waals surface area contributed by atoms with Gasteiger partial charge in [-0.2, -0.15) is 5.10 Å². The lowest BCUT2D eigenvalue weighted by Crippen LogP contribution is -2.24. The molecule has 0 saturated carbocycles. The van der Waals surface area contributed by atoms with Crippen molar-refractivity contribution in [2.45, 2.75) is 59.5 Å². The van der Waals surface area contributed by atoms with Crippen molar-refractivity contribution >= 4 is 0 Å². The smallest absolute Gasteiger partial charge is 0.0596 e. The average molecular weight is 223 g/mol. The summed E-state index contributed by atoms with van der Waals surface area (Å²) in [6.07, 6.45) is 2.39. The Kier molecular flexibility index (Phi) is 5.00. The Morgan fingerprint density at radius 2 is 2.00 bits per heavy atom. The van der Waals surface area contributed by atoms with Crippen LogP contribution in [0.2, 0.25) is 0 Å². The van der Waals surface area contributed by atoms with Crippen LogP contribution in [0, 0.1) is 13.8 Å². The molecule has 0 bridgehead atoms. The molecule has 1 rings (SSSR count). The fourth-order valence-corrected chi connectivity index (χ4v) is 2.00. The number of aryl methyl sites for hydroxylation is 2. The maximum absolute atomic E-state index is 4.52. The lowest BCUT2D eigenvalue weighted by atomic mass is 10.2. The summed E-state index contributed by atoms with van der Waals surface area (Å²) in [6.45, 7) is 11.9. The van der Waals surface area contributed by atoms with Crippen molar-refractivity contribution in [2.24, 2.45) is 0 Å². The van der Waals surface area contributed by atoms with Crippen LogP contribution < -0.4 is 5.32 Å². The van der Waals surface area contributed by atoms with Gasteiger partial charge in [-0.05, 0) is 46.2 Å². The highest BCUT2D eigenvalue weighted by atomic mass is 15.3. The monoisotopic (exact) mass is 223 g/mol. The van der Waals surface area contributed by atoms with Crippen LogP contribution in [-0.2, 0) is 0 Å². The minimum Gasteiger partial charge on any atom is -0.315 e. The molecule has 1 aromatic heterocycles. The number of rotatable bonds is 6. The molecule has 1 atom stereocenters. The molecule has 1 unspecified atom stereocenters. The van der Waals surface area contributed by atoms with Crippen LogP contribution in [0.4, 0.5) is 0 Å². The lowest BCUT2D eigenvalue weighted by molar-refractivity contribution is 0.424. The van der Waals surface area contributed by atoms with Crippen molar-refractivity contribution in [3.8, 4) is 0 Å². The molecule has 3 heteroatoms. The van der Waals surface area contributed by atoms with E-state index in [1.807, 2.05) is 0 Å². The predicted octanol–water partition coefficient (Wildman–Crippen LogP) is 2.84. The number of nitrogens with one attached hydrogen (secondary N) is 1. The molecular formula is C13H25N3. The van der Waals surface area contributed by atoms with Gasteiger partial charge in [0.05, 0.1) is 5.69 Å². The van der Waals surface area contributed by atoms with Crippen LogP contribution in [0.15, 0.2) is 6.07 Å². The van der Waals surface area contributed by atoms with Crippen molar-refractivity contribution in [3.05, 3.63) is 17.5 Å². The number of hydrogen-bond donors (Lipinski definition) is 1. The second kappa shape index (κ2) is 6.04. The molecule has 92 valence electrons. The second-order valence-electron chi connectivity index (χ2n) is 4.97. The van der Waals surface area contributed by atoms with Crippen LogP contribution in [0.25, 0.3) is 0 Å². The maximum atomic E-state index is 4.52. The van der Waals surface area contributed by atoms with Crippen molar-refractivity contribution in [1.29, 1.82) is 0 Å². The topological polar surface area (TPSA) is 29.9 Å². The van der Waals surface area contributed by atoms with Crippen LogP contribution in [0.5, 0.6) is 0 Å². The first kappa shape index (κ1) is 13.2. The van der Waals surface area contributed by atoms with Gasteiger partial charge >= 0.3 is 0 Å². The largest absolute Gasteiger partial charge is 0.315 e. The van der Waals surface area contributed by atoms with Crippen LogP contribution in [0.1, 0.15) is 51.0 Å². The van der Waals surface area contributed by atoms with E-state index >= 15 is 0 Å². The third-order valence-electron chi connectivity index (χ3n) is 2.81. The summed E-state index contributed by atoms with van der Waals surface area (Å²) in [5.74, 6) is 0. The molecule has 1 heterocycles. The minimum atomic E-state index is 0.502. The van der Waals surface area contributed by atoms with Crippen molar-refractivity contribution in [3.63, 3.8) is 0 Å². The first-order chi connectivity index (χ1) is 7.50. The van der Waals surface area contributed by atoms with Crippen LogP contribution in [0.3, 0.4) is 0 Å². The van der Waals surface area contributed by atoms with E-state index in [1.54, 1.807) is 0 Å². The van der Waals surface area contributed by atoms with Gasteiger partial charge in [0.1, 0.15) is 0 Å². The van der Waals surface area contributed by atoms with Gasteiger partial charge in [-0.15, -0.1) is 0 Å². The molecule has 0 aromatic carbocycles. The first-order valence-corrected chi connectivity index (χ1v) is 6.27. The fourth-order valence-electron chi connectivity index (χ4n) is 2.00. The zero-order valence-electron chi connectivity index (χ0n) is 11.2. The standard InChI is InChI=1S/C13H25N3/c1-10(2)14-8-6-7-12(4)16-13(5)9-11(3)15-16/h9-10,12,14H,6-8H2,1-5H3. The van der Waals surface area contributed by atoms with E-state index < -0.39 is 0 Å². The van der Waals surface area contributed by atoms with Crippen LogP contribution in [-0.4, -0.2) is 22.4 Å². The Balaban J connectivity index is 2.35. The molecule has 0 aliphatic heterocycles. The SMILES string of the molecule is Cc1cc(C)n(C(C)CCCNC(C)C)n1. The first-order valence-electron chi connectivity index (χ1n) is 6.27. The molecule has 0 amide bonds. The molecule has 0 fully saturated rings. The summed E-state index contributed by atoms with van der Waals surface area (Å²) >= 11 is 0. The predicted molar refractivity (Wildman–Crippen MR) is 68.8 cm³/mol. The number of nitrogens with zero attached hydrogens (tertiary/aromatic N) is 2. The number of hydrogen-bond acceptors (Lipinski definition) is 2. The van der Waals surface area contributed by atoms with Gasteiger partial charge in [-0.25, -0.2) is 0 Å². The van der Waals surface area contributed by atoms with Gasteiger partial charge in [-0.1, -0.05) is 13.8 Å². The summed E-state index contributed by atoms with van der Waals surface area (Å²) in [6, 6.07) is 3.23. The average Bonchev–Trinajstić information content (AvgIpc) is 2.52. The maximum Gasteiger partial charge on any atom is 0.0596 e. The summed E-state index contributed by atoms with van der Waals surface area (Å²) in [5.41, 5.74) is 2.38. The highest BCUT2D eigenvalue weighted by Crippen LogP contribution is 2.15. The van der Waals surface area contributed by atoms with E-state index in [2.05, 4.69) is 55.8 Å². The summed E-state index contributed by atoms with van der Waals surface area (Å²) < 4.78 is 2.14. The van der Waals surface area contributed by atoms with Gasteiger partial charge in [0.25, 0.3) is 0 Å². The van der Waals surface area contributed by atoms with E-state index in [9.17, 15) is 0 Å². The molecule has 0 aliphatic rings. The minimum absolute atomic E-state index is 0.502. The van der Waals surface area contributed by atoms with Gasteiger partial charge in [-0.3, -0.25) is 4.68 Å². The third kappa shape index (κ3) is 3.97. The van der Waals surface area contributed by atoms with E-state index in [1.165, 1.54) is 18.5 Å². The van der Waals surface area contributed by atoms with Gasteiger partial charge in [0.15, 0.2) is 0 Å². The molecule has 0 aliphatic carbocycles. The molecule has 3 nitrogen and oxygen atoms in total. The van der Waals surface area contributed by atoms with Crippen LogP contribution >= 0.6 is 0 Å².